The molecule has 0 aliphatic heterocycles. The van der Waals surface area contributed by atoms with Crippen molar-refractivity contribution in [1.82, 2.24) is 14.5 Å². The van der Waals surface area contributed by atoms with Crippen LogP contribution in [0.5, 0.6) is 5.75 Å². The maximum atomic E-state index is 12.7. The van der Waals surface area contributed by atoms with E-state index in [9.17, 15) is 10.1 Å². The number of benzene rings is 2. The Morgan fingerprint density at radius 2 is 1.82 bits per heavy atom. The highest BCUT2D eigenvalue weighted by molar-refractivity contribution is 5.72. The molecule has 4 aromatic rings. The number of nitrogen functional groups attached to an aromatic ring is 1. The van der Waals surface area contributed by atoms with Gasteiger partial charge < -0.3 is 15.0 Å². The van der Waals surface area contributed by atoms with Gasteiger partial charge >= 0.3 is 0 Å². The molecular weight excluding hydrogens is 414 g/mol. The van der Waals surface area contributed by atoms with E-state index in [1.165, 1.54) is 0 Å². The Labute approximate surface area is 191 Å². The number of rotatable bonds is 6. The molecule has 0 aliphatic carbocycles. The molecule has 2 aromatic carbocycles. The van der Waals surface area contributed by atoms with Gasteiger partial charge in [-0.25, -0.2) is 9.97 Å². The first kappa shape index (κ1) is 21.8. The molecule has 0 spiro atoms. The van der Waals surface area contributed by atoms with E-state index < -0.39 is 0 Å². The van der Waals surface area contributed by atoms with Crippen molar-refractivity contribution >= 4 is 5.95 Å². The van der Waals surface area contributed by atoms with Crippen LogP contribution in [0.4, 0.5) is 5.95 Å². The van der Waals surface area contributed by atoms with Crippen molar-refractivity contribution < 1.29 is 4.74 Å². The Kier molecular flexibility index (Phi) is 6.18. The third-order valence-electron chi connectivity index (χ3n) is 5.57. The Morgan fingerprint density at radius 3 is 2.52 bits per heavy atom. The van der Waals surface area contributed by atoms with Gasteiger partial charge in [-0.1, -0.05) is 24.3 Å². The molecule has 0 radical (unpaired) electrons. The fourth-order valence-electron chi connectivity index (χ4n) is 3.68. The molecule has 2 aromatic heterocycles. The van der Waals surface area contributed by atoms with Crippen molar-refractivity contribution in [2.75, 3.05) is 12.8 Å². The second-order valence-corrected chi connectivity index (χ2v) is 7.63. The number of methoxy groups -OCH3 is 1. The van der Waals surface area contributed by atoms with E-state index in [0.29, 0.717) is 29.1 Å². The largest absolute Gasteiger partial charge is 0.497 e. The highest BCUT2D eigenvalue weighted by Crippen LogP contribution is 2.27. The number of pyridine rings is 1. The first-order valence-corrected chi connectivity index (χ1v) is 10.5. The number of nitrogens with zero attached hydrogens (tertiary/aromatic N) is 4. The Balaban J connectivity index is 1.60. The summed E-state index contributed by atoms with van der Waals surface area (Å²) in [4.78, 5) is 21.4. The van der Waals surface area contributed by atoms with Crippen LogP contribution in [0.2, 0.25) is 0 Å². The van der Waals surface area contributed by atoms with Gasteiger partial charge in [0.05, 0.1) is 30.1 Å². The molecule has 7 nitrogen and oxygen atoms in total. The van der Waals surface area contributed by atoms with Crippen LogP contribution < -0.4 is 16.0 Å². The maximum Gasteiger partial charge on any atom is 0.251 e. The lowest BCUT2D eigenvalue weighted by Gasteiger charge is -2.11. The van der Waals surface area contributed by atoms with E-state index in [1.807, 2.05) is 49.4 Å². The van der Waals surface area contributed by atoms with Gasteiger partial charge in [0, 0.05) is 29.9 Å². The van der Waals surface area contributed by atoms with Crippen LogP contribution in [0.25, 0.3) is 22.5 Å². The zero-order valence-electron chi connectivity index (χ0n) is 18.4. The lowest BCUT2D eigenvalue weighted by molar-refractivity contribution is 0.414. The molecule has 0 atom stereocenters. The van der Waals surface area contributed by atoms with Gasteiger partial charge in [-0.05, 0) is 54.8 Å². The monoisotopic (exact) mass is 437 g/mol. The summed E-state index contributed by atoms with van der Waals surface area (Å²) < 4.78 is 6.85. The summed E-state index contributed by atoms with van der Waals surface area (Å²) in [6, 6.07) is 20.6. The highest BCUT2D eigenvalue weighted by atomic mass is 16.5. The fourth-order valence-corrected chi connectivity index (χ4v) is 3.68. The number of hydrogen-bond acceptors (Lipinski definition) is 6. The molecule has 0 aliphatic rings. The summed E-state index contributed by atoms with van der Waals surface area (Å²) in [6.07, 6.45) is 2.49. The van der Waals surface area contributed by atoms with Crippen LogP contribution in [0.3, 0.4) is 0 Å². The smallest absolute Gasteiger partial charge is 0.251 e. The van der Waals surface area contributed by atoms with E-state index in [-0.39, 0.29) is 11.5 Å². The van der Waals surface area contributed by atoms with Crippen molar-refractivity contribution in [2.45, 2.75) is 19.9 Å². The number of nitriles is 1. The van der Waals surface area contributed by atoms with E-state index >= 15 is 0 Å². The standard InChI is InChI=1S/C26H23N5O2/c1-17-20(16-27)4-3-5-22(17)24-15-23(29-26(28)30-24)19-11-13-31(25(32)14-19)12-10-18-6-8-21(33-2)9-7-18/h3-9,11,13-15H,10,12H2,1-2H3,(H2,28,29,30). The number of aryl methyl sites for hydroxylation is 2. The summed E-state index contributed by atoms with van der Waals surface area (Å²) in [5.41, 5.74) is 11.0. The number of hydrogen-bond donors (Lipinski definition) is 1. The number of nitrogens with two attached hydrogens (primary N) is 1. The van der Waals surface area contributed by atoms with Crippen molar-refractivity contribution in [3.05, 3.63) is 93.9 Å². The van der Waals surface area contributed by atoms with Crippen LogP contribution in [0.15, 0.2) is 71.7 Å². The first-order valence-electron chi connectivity index (χ1n) is 10.5. The van der Waals surface area contributed by atoms with Crippen LogP contribution in [-0.2, 0) is 13.0 Å². The molecule has 2 N–H and O–H groups in total. The van der Waals surface area contributed by atoms with E-state index in [4.69, 9.17) is 10.5 Å². The fraction of sp³-hybridized carbons (Fsp3) is 0.154. The van der Waals surface area contributed by atoms with E-state index in [2.05, 4.69) is 16.0 Å². The maximum absolute atomic E-state index is 12.7. The van der Waals surface area contributed by atoms with E-state index in [1.54, 1.807) is 36.1 Å². The highest BCUT2D eigenvalue weighted by Gasteiger charge is 2.12. The molecule has 164 valence electrons. The Bertz CT molecular complexity index is 1400. The average Bonchev–Trinajstić information content (AvgIpc) is 2.83. The lowest BCUT2D eigenvalue weighted by Crippen LogP contribution is -2.19. The second-order valence-electron chi connectivity index (χ2n) is 7.63. The predicted molar refractivity (Wildman–Crippen MR) is 128 cm³/mol. The van der Waals surface area contributed by atoms with E-state index in [0.717, 1.165) is 28.9 Å². The number of ether oxygens (including phenoxy) is 1. The number of anilines is 1. The van der Waals surface area contributed by atoms with Gasteiger partial charge in [0.1, 0.15) is 5.75 Å². The summed E-state index contributed by atoms with van der Waals surface area (Å²) in [5.74, 6) is 0.909. The Hall–Kier alpha value is -4.44. The summed E-state index contributed by atoms with van der Waals surface area (Å²) in [5, 5.41) is 9.32. The molecule has 2 heterocycles. The van der Waals surface area contributed by atoms with Gasteiger partial charge in [0.25, 0.3) is 5.56 Å². The predicted octanol–water partition coefficient (Wildman–Crippen LogP) is 3.99. The summed E-state index contributed by atoms with van der Waals surface area (Å²) in [7, 11) is 1.63. The summed E-state index contributed by atoms with van der Waals surface area (Å²) >= 11 is 0. The molecule has 0 amide bonds. The SMILES string of the molecule is COc1ccc(CCn2ccc(-c3cc(-c4cccc(C#N)c4C)nc(N)n3)cc2=O)cc1. The minimum absolute atomic E-state index is 0.105. The molecule has 33 heavy (non-hydrogen) atoms. The van der Waals surface area contributed by atoms with Crippen LogP contribution in [0, 0.1) is 18.3 Å². The molecule has 0 saturated heterocycles. The molecule has 0 saturated carbocycles. The van der Waals surface area contributed by atoms with Gasteiger partial charge in [-0.2, -0.15) is 5.26 Å². The van der Waals surface area contributed by atoms with Gasteiger partial charge in [-0.15, -0.1) is 0 Å². The topological polar surface area (TPSA) is 107 Å². The third kappa shape index (κ3) is 4.75. The van der Waals surface area contributed by atoms with Gasteiger partial charge in [0.2, 0.25) is 5.95 Å². The summed E-state index contributed by atoms with van der Waals surface area (Å²) in [6.45, 7) is 2.43. The molecule has 7 heteroatoms. The average molecular weight is 438 g/mol. The molecule has 0 bridgehead atoms. The van der Waals surface area contributed by atoms with Crippen molar-refractivity contribution in [3.63, 3.8) is 0 Å². The molecular formula is C26H23N5O2. The van der Waals surface area contributed by atoms with Crippen LogP contribution in [-0.4, -0.2) is 21.6 Å². The second kappa shape index (κ2) is 9.37. The van der Waals surface area contributed by atoms with Crippen LogP contribution >= 0.6 is 0 Å². The zero-order chi connectivity index (χ0) is 23.4. The third-order valence-corrected chi connectivity index (χ3v) is 5.57. The minimum Gasteiger partial charge on any atom is -0.497 e. The van der Waals surface area contributed by atoms with Gasteiger partial charge in [-0.3, -0.25) is 4.79 Å². The van der Waals surface area contributed by atoms with Crippen molar-refractivity contribution in [3.8, 4) is 34.3 Å². The molecule has 0 unspecified atom stereocenters. The van der Waals surface area contributed by atoms with Gasteiger partial charge in [0.15, 0.2) is 0 Å². The molecule has 0 fully saturated rings. The molecule has 4 rings (SSSR count). The Morgan fingerprint density at radius 1 is 1.06 bits per heavy atom. The zero-order valence-corrected chi connectivity index (χ0v) is 18.4. The number of aromatic nitrogens is 3. The quantitative estimate of drug-likeness (QED) is 0.489. The van der Waals surface area contributed by atoms with Crippen molar-refractivity contribution in [2.24, 2.45) is 0 Å². The van der Waals surface area contributed by atoms with Crippen molar-refractivity contribution in [1.29, 1.82) is 5.26 Å². The minimum atomic E-state index is -0.123. The first-order chi connectivity index (χ1) is 16.0. The normalized spacial score (nSPS) is 10.6. The lowest BCUT2D eigenvalue weighted by atomic mass is 9.99. The van der Waals surface area contributed by atoms with Crippen LogP contribution in [0.1, 0.15) is 16.7 Å².